The molecule has 1 unspecified atom stereocenters. The summed E-state index contributed by atoms with van der Waals surface area (Å²) in [4.78, 5) is 35.6. The first kappa shape index (κ1) is 30.2. The van der Waals surface area contributed by atoms with E-state index in [2.05, 4.69) is 37.5 Å². The molecule has 0 bridgehead atoms. The predicted molar refractivity (Wildman–Crippen MR) is 166 cm³/mol. The number of tetrazole rings is 1. The highest BCUT2D eigenvalue weighted by molar-refractivity contribution is 5.98. The number of primary amides is 1. The van der Waals surface area contributed by atoms with Crippen LogP contribution >= 0.6 is 0 Å². The Morgan fingerprint density at radius 1 is 0.956 bits per heavy atom. The van der Waals surface area contributed by atoms with Gasteiger partial charge < -0.3 is 25.0 Å². The molecule has 2 aliphatic heterocycles. The van der Waals surface area contributed by atoms with Crippen molar-refractivity contribution in [2.75, 3.05) is 46.9 Å². The van der Waals surface area contributed by atoms with Crippen LogP contribution in [0.15, 0.2) is 73.2 Å². The molecule has 2 fully saturated rings. The summed E-state index contributed by atoms with van der Waals surface area (Å²) in [6, 6.07) is 19.2. The van der Waals surface area contributed by atoms with E-state index in [-0.39, 0.29) is 17.2 Å². The van der Waals surface area contributed by atoms with Gasteiger partial charge in [0.05, 0.1) is 36.6 Å². The molecule has 0 saturated carbocycles. The van der Waals surface area contributed by atoms with E-state index in [4.69, 9.17) is 15.2 Å². The number of benzene rings is 2. The van der Waals surface area contributed by atoms with E-state index in [0.29, 0.717) is 42.9 Å². The Bertz CT molecular complexity index is 1640. The van der Waals surface area contributed by atoms with Crippen LogP contribution in [0.3, 0.4) is 0 Å². The molecule has 2 amide bonds. The zero-order chi connectivity index (χ0) is 31.4. The van der Waals surface area contributed by atoms with Crippen molar-refractivity contribution in [1.82, 2.24) is 35.0 Å². The molecule has 2 aromatic carbocycles. The van der Waals surface area contributed by atoms with E-state index < -0.39 is 5.41 Å². The van der Waals surface area contributed by atoms with Gasteiger partial charge in [0, 0.05) is 24.7 Å². The van der Waals surface area contributed by atoms with Gasteiger partial charge in [-0.1, -0.05) is 18.2 Å². The van der Waals surface area contributed by atoms with E-state index >= 15 is 0 Å². The van der Waals surface area contributed by atoms with Crippen molar-refractivity contribution in [3.05, 3.63) is 90.0 Å². The number of likely N-dealkylation sites (tertiary alicyclic amines) is 2. The van der Waals surface area contributed by atoms with Crippen molar-refractivity contribution in [2.45, 2.75) is 36.5 Å². The molecule has 234 valence electrons. The van der Waals surface area contributed by atoms with Crippen LogP contribution in [0.25, 0.3) is 5.69 Å². The van der Waals surface area contributed by atoms with Gasteiger partial charge in [0.2, 0.25) is 5.91 Å². The topological polar surface area (TPSA) is 142 Å². The highest BCUT2D eigenvalue weighted by Crippen LogP contribution is 2.41. The van der Waals surface area contributed by atoms with E-state index in [1.54, 1.807) is 32.5 Å². The van der Waals surface area contributed by atoms with Gasteiger partial charge in [0.25, 0.3) is 5.91 Å². The lowest BCUT2D eigenvalue weighted by atomic mass is 9.73. The van der Waals surface area contributed by atoms with Gasteiger partial charge in [-0.25, -0.2) is 4.68 Å². The third-order valence-corrected chi connectivity index (χ3v) is 9.59. The van der Waals surface area contributed by atoms with Crippen LogP contribution < -0.4 is 15.2 Å². The fourth-order valence-corrected chi connectivity index (χ4v) is 6.84. The van der Waals surface area contributed by atoms with E-state index in [0.717, 1.165) is 49.5 Å². The first-order valence-corrected chi connectivity index (χ1v) is 15.2. The van der Waals surface area contributed by atoms with Crippen molar-refractivity contribution in [2.24, 2.45) is 5.73 Å². The summed E-state index contributed by atoms with van der Waals surface area (Å²) in [5.74, 6) is 0.853. The fraction of sp³-hybridized carbons (Fsp3) is 0.394. The number of piperidine rings is 1. The van der Waals surface area contributed by atoms with Crippen LogP contribution in [0.4, 0.5) is 0 Å². The summed E-state index contributed by atoms with van der Waals surface area (Å²) in [5.41, 5.74) is 7.93. The molecule has 6 rings (SSSR count). The molecule has 0 spiro atoms. The lowest BCUT2D eigenvalue weighted by Crippen LogP contribution is -2.51. The molecule has 0 radical (unpaired) electrons. The van der Waals surface area contributed by atoms with Crippen LogP contribution in [0.2, 0.25) is 0 Å². The number of ether oxygens (including phenoxy) is 2. The predicted octanol–water partition coefficient (Wildman–Crippen LogP) is 2.77. The zero-order valence-electron chi connectivity index (χ0n) is 25.6. The van der Waals surface area contributed by atoms with Gasteiger partial charge >= 0.3 is 0 Å². The van der Waals surface area contributed by atoms with Crippen LogP contribution in [0, 0.1) is 0 Å². The summed E-state index contributed by atoms with van der Waals surface area (Å²) in [6.45, 7) is 3.42. The van der Waals surface area contributed by atoms with Crippen molar-refractivity contribution in [1.29, 1.82) is 0 Å². The van der Waals surface area contributed by atoms with E-state index in [1.165, 1.54) is 11.0 Å². The maximum absolute atomic E-state index is 14.1. The molecule has 0 aliphatic carbocycles. The minimum atomic E-state index is -0.755. The SMILES string of the molecule is COc1cccc(C2(CCN3CCC(C(N)=O)(c4ccccn4)CC3)CCN(C(=O)c3cc(-n4cnnn4)ccc3OC)C2)c1. The number of nitrogens with zero attached hydrogens (tertiary/aromatic N) is 7. The van der Waals surface area contributed by atoms with Gasteiger partial charge in [-0.15, -0.1) is 5.10 Å². The Morgan fingerprint density at radius 3 is 2.49 bits per heavy atom. The molecule has 1 atom stereocenters. The molecular formula is C33H38N8O4. The summed E-state index contributed by atoms with van der Waals surface area (Å²) in [6.07, 6.45) is 6.08. The second kappa shape index (κ2) is 12.6. The van der Waals surface area contributed by atoms with Gasteiger partial charge in [0.1, 0.15) is 17.8 Å². The minimum Gasteiger partial charge on any atom is -0.497 e. The Balaban J connectivity index is 1.22. The normalized spacial score (nSPS) is 19.7. The Kier molecular flexibility index (Phi) is 8.48. The standard InChI is InChI=1S/C33H38N8O4/c1-44-26-7-5-6-24(20-26)32(11-16-39-17-13-33(14-18-39,31(34)43)29-8-3-4-15-35-29)12-19-40(22-32)30(42)27-21-25(9-10-28(27)45-2)41-23-36-37-38-41/h3-10,15,20-21,23H,11-14,16-19,22H2,1-2H3,(H2,34,43). The molecular weight excluding hydrogens is 572 g/mol. The number of methoxy groups -OCH3 is 2. The second-order valence-corrected chi connectivity index (χ2v) is 11.9. The van der Waals surface area contributed by atoms with Gasteiger partial charge in [-0.3, -0.25) is 14.6 Å². The quantitative estimate of drug-likeness (QED) is 0.287. The van der Waals surface area contributed by atoms with Crippen LogP contribution in [0.1, 0.15) is 47.3 Å². The second-order valence-electron chi connectivity index (χ2n) is 11.9. The Morgan fingerprint density at radius 2 is 1.80 bits per heavy atom. The monoisotopic (exact) mass is 610 g/mol. The average Bonchev–Trinajstić information content (AvgIpc) is 3.79. The molecule has 12 nitrogen and oxygen atoms in total. The van der Waals surface area contributed by atoms with Gasteiger partial charge in [-0.05, 0) is 104 Å². The molecule has 45 heavy (non-hydrogen) atoms. The van der Waals surface area contributed by atoms with Gasteiger partial charge in [0.15, 0.2) is 0 Å². The lowest BCUT2D eigenvalue weighted by Gasteiger charge is -2.40. The number of rotatable bonds is 10. The first-order valence-electron chi connectivity index (χ1n) is 15.2. The Labute approximate surface area is 262 Å². The fourth-order valence-electron chi connectivity index (χ4n) is 6.84. The third kappa shape index (κ3) is 5.85. The summed E-state index contributed by atoms with van der Waals surface area (Å²) < 4.78 is 12.7. The summed E-state index contributed by atoms with van der Waals surface area (Å²) >= 11 is 0. The highest BCUT2D eigenvalue weighted by atomic mass is 16.5. The number of hydrogen-bond acceptors (Lipinski definition) is 9. The van der Waals surface area contributed by atoms with Crippen LogP contribution in [-0.4, -0.2) is 93.7 Å². The zero-order valence-corrected chi connectivity index (χ0v) is 25.6. The van der Waals surface area contributed by atoms with E-state index in [1.807, 2.05) is 41.3 Å². The largest absolute Gasteiger partial charge is 0.497 e. The van der Waals surface area contributed by atoms with Crippen molar-refractivity contribution in [3.63, 3.8) is 0 Å². The third-order valence-electron chi connectivity index (χ3n) is 9.59. The maximum atomic E-state index is 14.1. The molecule has 2 N–H and O–H groups in total. The molecule has 4 aromatic rings. The van der Waals surface area contributed by atoms with Crippen molar-refractivity contribution in [3.8, 4) is 17.2 Å². The highest BCUT2D eigenvalue weighted by Gasteiger charge is 2.45. The number of carbonyl (C=O) groups is 2. The van der Waals surface area contributed by atoms with Crippen molar-refractivity contribution >= 4 is 11.8 Å². The van der Waals surface area contributed by atoms with E-state index in [9.17, 15) is 9.59 Å². The number of pyridine rings is 1. The number of hydrogen-bond donors (Lipinski definition) is 1. The smallest absolute Gasteiger partial charge is 0.257 e. The molecule has 2 aliphatic rings. The molecule has 2 saturated heterocycles. The molecule has 2 aromatic heterocycles. The first-order chi connectivity index (χ1) is 21.9. The van der Waals surface area contributed by atoms with Crippen LogP contribution in [-0.2, 0) is 15.6 Å². The average molecular weight is 611 g/mol. The lowest BCUT2D eigenvalue weighted by molar-refractivity contribution is -0.125. The number of aromatic nitrogens is 5. The van der Waals surface area contributed by atoms with Crippen molar-refractivity contribution < 1.29 is 19.1 Å². The number of carbonyl (C=O) groups excluding carboxylic acids is 2. The number of amides is 2. The summed E-state index contributed by atoms with van der Waals surface area (Å²) in [5, 5.41) is 11.4. The molecule has 4 heterocycles. The summed E-state index contributed by atoms with van der Waals surface area (Å²) in [7, 11) is 3.23. The number of nitrogens with two attached hydrogens (primary N) is 1. The Hall–Kier alpha value is -4.84. The maximum Gasteiger partial charge on any atom is 0.257 e. The molecule has 12 heteroatoms. The van der Waals surface area contributed by atoms with Crippen LogP contribution in [0.5, 0.6) is 11.5 Å². The van der Waals surface area contributed by atoms with Gasteiger partial charge in [-0.2, -0.15) is 0 Å². The minimum absolute atomic E-state index is 0.105.